The molecule has 1 aromatic carbocycles. The summed E-state index contributed by atoms with van der Waals surface area (Å²) >= 11 is 18.0. The third kappa shape index (κ3) is 3.59. The van der Waals surface area contributed by atoms with Crippen molar-refractivity contribution in [3.8, 4) is 0 Å². The second-order valence-corrected chi connectivity index (χ2v) is 8.35. The van der Waals surface area contributed by atoms with Gasteiger partial charge in [-0.2, -0.15) is 0 Å². The maximum atomic E-state index is 12.5. The van der Waals surface area contributed by atoms with Gasteiger partial charge in [0.2, 0.25) is 0 Å². The summed E-state index contributed by atoms with van der Waals surface area (Å²) in [6.07, 6.45) is 2.80. The van der Waals surface area contributed by atoms with Gasteiger partial charge in [0.25, 0.3) is 15.0 Å². The molecule has 1 aliphatic heterocycles. The van der Waals surface area contributed by atoms with Crippen molar-refractivity contribution in [1.82, 2.24) is 4.90 Å². The number of piperidine rings is 1. The fourth-order valence-corrected chi connectivity index (χ4v) is 4.34. The first kappa shape index (κ1) is 17.2. The summed E-state index contributed by atoms with van der Waals surface area (Å²) in [6.45, 7) is 1.14. The van der Waals surface area contributed by atoms with Crippen LogP contribution in [0.3, 0.4) is 0 Å². The zero-order valence-corrected chi connectivity index (χ0v) is 14.5. The minimum atomic E-state index is -4.13. The number of halogens is 4. The Bertz CT molecular complexity index is 684. The minimum Gasteiger partial charge on any atom is -0.339 e. The molecule has 2 rings (SSSR count). The Balaban J connectivity index is 2.57. The van der Waals surface area contributed by atoms with E-state index in [0.717, 1.165) is 25.3 Å². The molecule has 0 bridgehead atoms. The van der Waals surface area contributed by atoms with E-state index in [1.165, 1.54) is 0 Å². The van der Waals surface area contributed by atoms with Gasteiger partial charge in [0.05, 0.1) is 20.6 Å². The molecular weight excluding hydrogens is 380 g/mol. The van der Waals surface area contributed by atoms with Crippen LogP contribution in [0.1, 0.15) is 29.6 Å². The maximum Gasteiger partial charge on any atom is 0.262 e. The molecule has 116 valence electrons. The third-order valence-electron chi connectivity index (χ3n) is 3.24. The topological polar surface area (TPSA) is 54.5 Å². The molecule has 1 aromatic rings. The summed E-state index contributed by atoms with van der Waals surface area (Å²) in [5.41, 5.74) is -0.119. The highest BCUT2D eigenvalue weighted by atomic mass is 35.7. The van der Waals surface area contributed by atoms with Crippen molar-refractivity contribution >= 4 is 60.4 Å². The first-order chi connectivity index (χ1) is 9.73. The highest BCUT2D eigenvalue weighted by Gasteiger charge is 2.29. The summed E-state index contributed by atoms with van der Waals surface area (Å²) in [5.74, 6) is -0.436. The van der Waals surface area contributed by atoms with Crippen LogP contribution in [0.4, 0.5) is 0 Å². The Kier molecular flexibility index (Phi) is 5.31. The molecule has 1 aliphatic rings. The molecule has 0 spiro atoms. The van der Waals surface area contributed by atoms with Crippen LogP contribution in [0, 0.1) is 0 Å². The Morgan fingerprint density at radius 3 is 2.14 bits per heavy atom. The number of rotatable bonds is 2. The number of hydrogen-bond acceptors (Lipinski definition) is 3. The lowest BCUT2D eigenvalue weighted by Crippen LogP contribution is -2.36. The number of amides is 1. The number of carbonyl (C=O) groups is 1. The zero-order valence-electron chi connectivity index (χ0n) is 10.7. The smallest absolute Gasteiger partial charge is 0.262 e. The van der Waals surface area contributed by atoms with Gasteiger partial charge in [-0.3, -0.25) is 4.79 Å². The van der Waals surface area contributed by atoms with E-state index in [4.69, 9.17) is 45.5 Å². The third-order valence-corrected chi connectivity index (χ3v) is 5.88. The van der Waals surface area contributed by atoms with Crippen LogP contribution >= 0.6 is 45.5 Å². The highest BCUT2D eigenvalue weighted by molar-refractivity contribution is 8.13. The van der Waals surface area contributed by atoms with E-state index in [9.17, 15) is 13.2 Å². The van der Waals surface area contributed by atoms with Crippen LogP contribution in [0.2, 0.25) is 15.1 Å². The number of hydrogen-bond donors (Lipinski definition) is 0. The van der Waals surface area contributed by atoms with Crippen molar-refractivity contribution in [3.63, 3.8) is 0 Å². The lowest BCUT2D eigenvalue weighted by molar-refractivity contribution is 0.0724. The molecule has 21 heavy (non-hydrogen) atoms. The first-order valence-electron chi connectivity index (χ1n) is 6.15. The fourth-order valence-electron chi connectivity index (χ4n) is 2.20. The Morgan fingerprint density at radius 2 is 1.62 bits per heavy atom. The highest BCUT2D eigenvalue weighted by Crippen LogP contribution is 2.38. The molecule has 0 unspecified atom stereocenters. The van der Waals surface area contributed by atoms with Crippen LogP contribution in [0.5, 0.6) is 0 Å². The molecule has 0 radical (unpaired) electrons. The SMILES string of the molecule is O=C(c1c(Cl)c(Cl)cc(S(=O)(=O)Cl)c1Cl)N1CCCCC1. The van der Waals surface area contributed by atoms with Gasteiger partial charge in [0.15, 0.2) is 0 Å². The lowest BCUT2D eigenvalue weighted by Gasteiger charge is -2.27. The molecule has 9 heteroatoms. The van der Waals surface area contributed by atoms with Crippen molar-refractivity contribution in [2.75, 3.05) is 13.1 Å². The van der Waals surface area contributed by atoms with Crippen molar-refractivity contribution < 1.29 is 13.2 Å². The van der Waals surface area contributed by atoms with Gasteiger partial charge in [-0.25, -0.2) is 8.42 Å². The Labute approximate surface area is 142 Å². The molecule has 1 amide bonds. The second kappa shape index (κ2) is 6.50. The quantitative estimate of drug-likeness (QED) is 0.561. The van der Waals surface area contributed by atoms with Crippen molar-refractivity contribution in [2.24, 2.45) is 0 Å². The monoisotopic (exact) mass is 389 g/mol. The average Bonchev–Trinajstić information content (AvgIpc) is 2.42. The standard InChI is InChI=1S/C12H11Cl4NO3S/c13-7-6-8(21(16,19)20)11(15)9(10(7)14)12(18)17-4-2-1-3-5-17/h6H,1-5H2. The van der Waals surface area contributed by atoms with E-state index < -0.39 is 19.9 Å². The van der Waals surface area contributed by atoms with Gasteiger partial charge in [0.1, 0.15) is 4.90 Å². The number of nitrogens with zero attached hydrogens (tertiary/aromatic N) is 1. The molecule has 4 nitrogen and oxygen atoms in total. The molecular formula is C12H11Cl4NO3S. The van der Waals surface area contributed by atoms with Crippen molar-refractivity contribution in [2.45, 2.75) is 24.2 Å². The number of carbonyl (C=O) groups excluding carboxylic acids is 1. The first-order valence-corrected chi connectivity index (χ1v) is 9.59. The van der Waals surface area contributed by atoms with E-state index in [1.807, 2.05) is 0 Å². The second-order valence-electron chi connectivity index (χ2n) is 4.65. The van der Waals surface area contributed by atoms with E-state index in [2.05, 4.69) is 0 Å². The zero-order chi connectivity index (χ0) is 15.8. The summed E-state index contributed by atoms with van der Waals surface area (Å²) in [7, 11) is 1.18. The van der Waals surface area contributed by atoms with Crippen LogP contribution in [0.15, 0.2) is 11.0 Å². The van der Waals surface area contributed by atoms with Gasteiger partial charge in [0, 0.05) is 23.8 Å². The Morgan fingerprint density at radius 1 is 1.05 bits per heavy atom. The van der Waals surface area contributed by atoms with Crippen LogP contribution < -0.4 is 0 Å². The molecule has 0 saturated carbocycles. The van der Waals surface area contributed by atoms with Gasteiger partial charge >= 0.3 is 0 Å². The molecule has 0 N–H and O–H groups in total. The van der Waals surface area contributed by atoms with Gasteiger partial charge in [-0.15, -0.1) is 0 Å². The molecule has 0 atom stereocenters. The van der Waals surface area contributed by atoms with E-state index >= 15 is 0 Å². The summed E-state index contributed by atoms with van der Waals surface area (Å²) in [4.78, 5) is 13.7. The van der Waals surface area contributed by atoms with Crippen LogP contribution in [-0.2, 0) is 9.05 Å². The summed E-state index contributed by atoms with van der Waals surface area (Å²) < 4.78 is 23.0. The maximum absolute atomic E-state index is 12.5. The van der Waals surface area contributed by atoms with Crippen molar-refractivity contribution in [3.05, 3.63) is 26.7 Å². The van der Waals surface area contributed by atoms with E-state index in [1.54, 1.807) is 4.90 Å². The number of benzene rings is 1. The molecule has 1 heterocycles. The Hall–Kier alpha value is -0.200. The largest absolute Gasteiger partial charge is 0.339 e. The summed E-state index contributed by atoms with van der Waals surface area (Å²) in [5, 5.41) is -0.447. The van der Waals surface area contributed by atoms with Gasteiger partial charge in [-0.1, -0.05) is 34.8 Å². The normalized spacial score (nSPS) is 16.1. The predicted molar refractivity (Wildman–Crippen MR) is 84.3 cm³/mol. The van der Waals surface area contributed by atoms with Gasteiger partial charge in [-0.05, 0) is 25.3 Å². The van der Waals surface area contributed by atoms with E-state index in [0.29, 0.717) is 13.1 Å². The number of likely N-dealkylation sites (tertiary alicyclic amines) is 1. The minimum absolute atomic E-state index is 0.0682. The van der Waals surface area contributed by atoms with Crippen LogP contribution in [-0.4, -0.2) is 32.3 Å². The van der Waals surface area contributed by atoms with Gasteiger partial charge < -0.3 is 4.90 Å². The summed E-state index contributed by atoms with van der Waals surface area (Å²) in [6, 6.07) is 1.04. The average molecular weight is 391 g/mol. The van der Waals surface area contributed by atoms with Crippen LogP contribution in [0.25, 0.3) is 0 Å². The molecule has 0 aliphatic carbocycles. The molecule has 0 aromatic heterocycles. The molecule has 1 fully saturated rings. The predicted octanol–water partition coefficient (Wildman–Crippen LogP) is 4.20. The molecule has 1 saturated heterocycles. The fraction of sp³-hybridized carbons (Fsp3) is 0.417. The lowest BCUT2D eigenvalue weighted by atomic mass is 10.1. The van der Waals surface area contributed by atoms with E-state index in [-0.39, 0.29) is 20.6 Å². The van der Waals surface area contributed by atoms with Crippen molar-refractivity contribution in [1.29, 1.82) is 0 Å².